The summed E-state index contributed by atoms with van der Waals surface area (Å²) >= 11 is 0. The van der Waals surface area contributed by atoms with Crippen molar-refractivity contribution in [2.45, 2.75) is 38.0 Å². The van der Waals surface area contributed by atoms with Crippen LogP contribution in [0.15, 0.2) is 35.1 Å². The lowest BCUT2D eigenvalue weighted by Crippen LogP contribution is -2.44. The van der Waals surface area contributed by atoms with E-state index in [2.05, 4.69) is 4.98 Å². The highest BCUT2D eigenvalue weighted by atomic mass is 19.1. The lowest BCUT2D eigenvalue weighted by Gasteiger charge is -2.31. The van der Waals surface area contributed by atoms with Crippen molar-refractivity contribution in [3.63, 3.8) is 0 Å². The first-order valence-corrected chi connectivity index (χ1v) is 8.39. The number of ether oxygens (including phenoxy) is 2. The van der Waals surface area contributed by atoms with E-state index in [9.17, 15) is 9.18 Å². The van der Waals surface area contributed by atoms with Crippen LogP contribution in [0.4, 0.5) is 4.39 Å². The molecule has 6 nitrogen and oxygen atoms in total. The summed E-state index contributed by atoms with van der Waals surface area (Å²) in [7, 11) is 0. The fourth-order valence-electron chi connectivity index (χ4n) is 3.61. The van der Waals surface area contributed by atoms with Gasteiger partial charge in [0.25, 0.3) is 11.8 Å². The molecular weight excluding hydrogens is 327 g/mol. The van der Waals surface area contributed by atoms with Gasteiger partial charge in [-0.15, -0.1) is 0 Å². The number of furan rings is 1. The molecule has 2 aromatic heterocycles. The van der Waals surface area contributed by atoms with E-state index in [1.165, 1.54) is 24.6 Å². The van der Waals surface area contributed by atoms with Gasteiger partial charge in [-0.25, -0.2) is 9.37 Å². The number of likely N-dealkylation sites (tertiary alicyclic amines) is 1. The number of aromatic nitrogens is 1. The molecule has 132 valence electrons. The fraction of sp³-hybridized carbons (Fsp3) is 0.444. The summed E-state index contributed by atoms with van der Waals surface area (Å²) in [5, 5.41) is 0. The summed E-state index contributed by atoms with van der Waals surface area (Å²) in [6.07, 6.45) is 3.95. The Labute approximate surface area is 144 Å². The lowest BCUT2D eigenvalue weighted by atomic mass is 10.0. The highest BCUT2D eigenvalue weighted by molar-refractivity contribution is 5.95. The molecule has 0 saturated carbocycles. The van der Waals surface area contributed by atoms with Crippen LogP contribution in [0.1, 0.15) is 29.0 Å². The van der Waals surface area contributed by atoms with Crippen LogP contribution in [0.5, 0.6) is 5.88 Å². The minimum Gasteiger partial charge on any atom is -0.469 e. The predicted molar refractivity (Wildman–Crippen MR) is 85.9 cm³/mol. The van der Waals surface area contributed by atoms with Gasteiger partial charge < -0.3 is 18.8 Å². The standard InChI is InChI=1S/C18H19FN2O4/c1-11-12(6-9-23-11)18(22)21-10-15(16-14(21)5-3-8-24-16)25-17-13(19)4-2-7-20-17/h2,4,6-7,9,14-16H,3,5,8,10H2,1H3/t14-,15+,16+/m1/s1. The highest BCUT2D eigenvalue weighted by Gasteiger charge is 2.48. The van der Waals surface area contributed by atoms with Gasteiger partial charge in [0.2, 0.25) is 0 Å². The van der Waals surface area contributed by atoms with E-state index >= 15 is 0 Å². The topological polar surface area (TPSA) is 64.8 Å². The molecule has 0 aliphatic carbocycles. The SMILES string of the molecule is Cc1occc1C(=O)N1C[C@H](Oc2ncccc2F)[C@H]2OCCC[C@H]21. The number of rotatable bonds is 3. The Balaban J connectivity index is 1.59. The van der Waals surface area contributed by atoms with Crippen LogP contribution in [0.2, 0.25) is 0 Å². The summed E-state index contributed by atoms with van der Waals surface area (Å²) in [5.74, 6) is -0.114. The van der Waals surface area contributed by atoms with Crippen molar-refractivity contribution < 1.29 is 23.1 Å². The number of halogens is 1. The van der Waals surface area contributed by atoms with Gasteiger partial charge in [0.1, 0.15) is 18.0 Å². The van der Waals surface area contributed by atoms with Gasteiger partial charge in [-0.1, -0.05) is 0 Å². The average Bonchev–Trinajstić information content (AvgIpc) is 3.21. The zero-order valence-electron chi connectivity index (χ0n) is 13.9. The quantitative estimate of drug-likeness (QED) is 0.855. The van der Waals surface area contributed by atoms with Crippen LogP contribution in [-0.2, 0) is 4.74 Å². The van der Waals surface area contributed by atoms with Crippen LogP contribution in [0.25, 0.3) is 0 Å². The summed E-state index contributed by atoms with van der Waals surface area (Å²) in [6, 6.07) is 4.39. The van der Waals surface area contributed by atoms with Gasteiger partial charge in [-0.3, -0.25) is 4.79 Å². The molecule has 7 heteroatoms. The van der Waals surface area contributed by atoms with Crippen molar-refractivity contribution in [3.05, 3.63) is 47.8 Å². The molecular formula is C18H19FN2O4. The number of carbonyl (C=O) groups is 1. The molecule has 4 rings (SSSR count). The molecule has 2 aromatic rings. The number of nitrogens with zero attached hydrogens (tertiary/aromatic N) is 2. The van der Waals surface area contributed by atoms with Crippen molar-refractivity contribution >= 4 is 5.91 Å². The van der Waals surface area contributed by atoms with E-state index in [1.807, 2.05) is 0 Å². The zero-order valence-corrected chi connectivity index (χ0v) is 13.9. The van der Waals surface area contributed by atoms with E-state index < -0.39 is 11.9 Å². The number of amides is 1. The molecule has 2 aliphatic rings. The summed E-state index contributed by atoms with van der Waals surface area (Å²) in [6.45, 7) is 2.70. The Kier molecular flexibility index (Phi) is 4.17. The number of pyridine rings is 1. The Bertz CT molecular complexity index is 778. The van der Waals surface area contributed by atoms with Gasteiger partial charge >= 0.3 is 0 Å². The van der Waals surface area contributed by atoms with Crippen molar-refractivity contribution in [3.8, 4) is 5.88 Å². The van der Waals surface area contributed by atoms with Crippen molar-refractivity contribution in [1.82, 2.24) is 9.88 Å². The van der Waals surface area contributed by atoms with Crippen molar-refractivity contribution in [2.75, 3.05) is 13.2 Å². The maximum atomic E-state index is 13.9. The first-order valence-electron chi connectivity index (χ1n) is 8.39. The molecule has 0 radical (unpaired) electrons. The molecule has 0 bridgehead atoms. The van der Waals surface area contributed by atoms with E-state index in [0.29, 0.717) is 24.5 Å². The monoisotopic (exact) mass is 346 g/mol. The molecule has 0 N–H and O–H groups in total. The minimum absolute atomic E-state index is 0.0609. The van der Waals surface area contributed by atoms with Gasteiger partial charge in [0.05, 0.1) is 24.4 Å². The fourth-order valence-corrected chi connectivity index (χ4v) is 3.61. The third kappa shape index (κ3) is 2.89. The molecule has 2 fully saturated rings. The Morgan fingerprint density at radius 2 is 2.32 bits per heavy atom. The summed E-state index contributed by atoms with van der Waals surface area (Å²) in [5.41, 5.74) is 0.536. The third-order valence-electron chi connectivity index (χ3n) is 4.81. The largest absolute Gasteiger partial charge is 0.469 e. The van der Waals surface area contributed by atoms with Crippen LogP contribution >= 0.6 is 0 Å². The smallest absolute Gasteiger partial charge is 0.257 e. The van der Waals surface area contributed by atoms with E-state index in [0.717, 1.165) is 12.8 Å². The van der Waals surface area contributed by atoms with Gasteiger partial charge in [-0.05, 0) is 38.0 Å². The van der Waals surface area contributed by atoms with Crippen LogP contribution in [-0.4, -0.2) is 47.2 Å². The average molecular weight is 346 g/mol. The minimum atomic E-state index is -0.523. The van der Waals surface area contributed by atoms with Gasteiger partial charge in [0.15, 0.2) is 5.82 Å². The third-order valence-corrected chi connectivity index (χ3v) is 4.81. The molecule has 0 unspecified atom stereocenters. The summed E-state index contributed by atoms with van der Waals surface area (Å²) in [4.78, 5) is 18.6. The lowest BCUT2D eigenvalue weighted by molar-refractivity contribution is -0.0462. The van der Waals surface area contributed by atoms with Gasteiger partial charge in [0, 0.05) is 12.8 Å². The Morgan fingerprint density at radius 1 is 1.44 bits per heavy atom. The second-order valence-electron chi connectivity index (χ2n) is 6.34. The molecule has 3 atom stereocenters. The first kappa shape index (κ1) is 16.1. The van der Waals surface area contributed by atoms with Crippen LogP contribution < -0.4 is 4.74 Å². The zero-order chi connectivity index (χ0) is 17.4. The normalized spacial score (nSPS) is 25.7. The molecule has 2 saturated heterocycles. The molecule has 25 heavy (non-hydrogen) atoms. The second kappa shape index (κ2) is 6.48. The highest BCUT2D eigenvalue weighted by Crippen LogP contribution is 2.33. The molecule has 0 aromatic carbocycles. The molecule has 0 spiro atoms. The number of hydrogen-bond donors (Lipinski definition) is 0. The van der Waals surface area contributed by atoms with Crippen molar-refractivity contribution in [1.29, 1.82) is 0 Å². The molecule has 1 amide bonds. The molecule has 2 aliphatic heterocycles. The van der Waals surface area contributed by atoms with Gasteiger partial charge in [-0.2, -0.15) is 0 Å². The van der Waals surface area contributed by atoms with Crippen LogP contribution in [0.3, 0.4) is 0 Å². The number of aryl methyl sites for hydroxylation is 1. The maximum Gasteiger partial charge on any atom is 0.257 e. The van der Waals surface area contributed by atoms with Crippen LogP contribution in [0, 0.1) is 12.7 Å². The summed E-state index contributed by atoms with van der Waals surface area (Å²) < 4.78 is 30.8. The number of fused-ring (bicyclic) bond motifs is 1. The van der Waals surface area contributed by atoms with E-state index in [4.69, 9.17) is 13.9 Å². The Hall–Kier alpha value is -2.41. The maximum absolute atomic E-state index is 13.9. The van der Waals surface area contributed by atoms with E-state index in [1.54, 1.807) is 17.9 Å². The van der Waals surface area contributed by atoms with Crippen molar-refractivity contribution in [2.24, 2.45) is 0 Å². The predicted octanol–water partition coefficient (Wildman–Crippen LogP) is 2.57. The number of hydrogen-bond acceptors (Lipinski definition) is 5. The first-order chi connectivity index (χ1) is 12.1. The second-order valence-corrected chi connectivity index (χ2v) is 6.34. The Morgan fingerprint density at radius 3 is 3.08 bits per heavy atom. The number of carbonyl (C=O) groups excluding carboxylic acids is 1. The molecule has 4 heterocycles. The van der Waals surface area contributed by atoms with E-state index in [-0.39, 0.29) is 23.9 Å².